The summed E-state index contributed by atoms with van der Waals surface area (Å²) in [7, 11) is 0. The van der Waals surface area contributed by atoms with Gasteiger partial charge in [0.1, 0.15) is 6.10 Å². The molecule has 0 saturated carbocycles. The number of ether oxygens (including phenoxy) is 1. The predicted octanol–water partition coefficient (Wildman–Crippen LogP) is 7.70. The third-order valence-corrected chi connectivity index (χ3v) is 5.22. The van der Waals surface area contributed by atoms with Crippen LogP contribution < -0.4 is 0 Å². The molecule has 0 aromatic heterocycles. The van der Waals surface area contributed by atoms with Crippen molar-refractivity contribution in [3.63, 3.8) is 0 Å². The lowest BCUT2D eigenvalue weighted by Gasteiger charge is -2.16. The van der Waals surface area contributed by atoms with Crippen LogP contribution in [0.1, 0.15) is 101 Å². The van der Waals surface area contributed by atoms with E-state index in [9.17, 15) is 4.79 Å². The Morgan fingerprint density at radius 3 is 1.92 bits per heavy atom. The second-order valence-corrected chi connectivity index (χ2v) is 7.83. The molecule has 2 nitrogen and oxygen atoms in total. The summed E-state index contributed by atoms with van der Waals surface area (Å²) in [5, 5.41) is 0. The first kappa shape index (κ1) is 22.2. The third kappa shape index (κ3) is 10.7. The minimum atomic E-state index is -0.202. The Morgan fingerprint density at radius 2 is 1.40 bits per heavy atom. The van der Waals surface area contributed by atoms with Gasteiger partial charge in [0.25, 0.3) is 0 Å². The minimum Gasteiger partial charge on any atom is -0.459 e. The van der Waals surface area contributed by atoms with E-state index in [1.807, 2.05) is 12.1 Å². The van der Waals surface area contributed by atoms with E-state index in [2.05, 4.69) is 29.8 Å². The molecule has 3 heteroatoms. The number of halogens is 1. The summed E-state index contributed by atoms with van der Waals surface area (Å²) in [6, 6.07) is 7.36. The van der Waals surface area contributed by atoms with Gasteiger partial charge in [-0.05, 0) is 43.5 Å². The second kappa shape index (κ2) is 14.4. The molecular formula is C22H35BrO2. The third-order valence-electron chi connectivity index (χ3n) is 4.69. The van der Waals surface area contributed by atoms with Gasteiger partial charge in [-0.1, -0.05) is 87.6 Å². The molecule has 0 aliphatic heterocycles. The number of rotatable bonds is 14. The van der Waals surface area contributed by atoms with Crippen molar-refractivity contribution in [1.29, 1.82) is 0 Å². The minimum absolute atomic E-state index is 0.0465. The van der Waals surface area contributed by atoms with Crippen LogP contribution >= 0.6 is 15.9 Å². The molecule has 1 unspecified atom stereocenters. The van der Waals surface area contributed by atoms with Gasteiger partial charge in [-0.25, -0.2) is 4.79 Å². The molecule has 25 heavy (non-hydrogen) atoms. The van der Waals surface area contributed by atoms with E-state index in [0.29, 0.717) is 5.56 Å². The maximum atomic E-state index is 12.2. The summed E-state index contributed by atoms with van der Waals surface area (Å²) in [6.45, 7) is 4.36. The highest BCUT2D eigenvalue weighted by Crippen LogP contribution is 2.17. The van der Waals surface area contributed by atoms with Gasteiger partial charge in [0, 0.05) is 4.47 Å². The Morgan fingerprint density at radius 1 is 0.880 bits per heavy atom. The average molecular weight is 411 g/mol. The van der Waals surface area contributed by atoms with Crippen molar-refractivity contribution in [2.75, 3.05) is 0 Å². The first-order valence-electron chi connectivity index (χ1n) is 10.1. The Kier molecular flexibility index (Phi) is 12.8. The van der Waals surface area contributed by atoms with Crippen LogP contribution in [0.15, 0.2) is 28.7 Å². The number of esters is 1. The van der Waals surface area contributed by atoms with Gasteiger partial charge in [0.15, 0.2) is 0 Å². The number of benzene rings is 1. The highest BCUT2D eigenvalue weighted by Gasteiger charge is 2.14. The summed E-state index contributed by atoms with van der Waals surface area (Å²) in [5.41, 5.74) is 0.629. The van der Waals surface area contributed by atoms with Gasteiger partial charge >= 0.3 is 5.97 Å². The number of carbonyl (C=O) groups excluding carboxylic acids is 1. The second-order valence-electron chi connectivity index (χ2n) is 6.91. The van der Waals surface area contributed by atoms with Crippen molar-refractivity contribution in [3.05, 3.63) is 34.3 Å². The summed E-state index contributed by atoms with van der Waals surface area (Å²) in [4.78, 5) is 12.2. The zero-order valence-electron chi connectivity index (χ0n) is 16.1. The molecule has 0 saturated heterocycles. The monoisotopic (exact) mass is 410 g/mol. The highest BCUT2D eigenvalue weighted by molar-refractivity contribution is 9.10. The van der Waals surface area contributed by atoms with Gasteiger partial charge in [-0.2, -0.15) is 0 Å². The maximum Gasteiger partial charge on any atom is 0.338 e. The number of unbranched alkanes of at least 4 members (excludes halogenated alkanes) is 9. The van der Waals surface area contributed by atoms with E-state index in [1.54, 1.807) is 12.1 Å². The Bertz CT molecular complexity index is 456. The topological polar surface area (TPSA) is 26.3 Å². The lowest BCUT2D eigenvalue weighted by atomic mass is 10.0. The highest BCUT2D eigenvalue weighted by atomic mass is 79.9. The molecule has 1 aromatic carbocycles. The van der Waals surface area contributed by atoms with Gasteiger partial charge in [-0.3, -0.25) is 0 Å². The SMILES string of the molecule is CCCCCCCCCCCCC(CC)OC(=O)c1ccc(Br)cc1. The van der Waals surface area contributed by atoms with Crippen molar-refractivity contribution < 1.29 is 9.53 Å². The molecule has 0 heterocycles. The molecule has 1 atom stereocenters. The molecule has 0 aliphatic carbocycles. The van der Waals surface area contributed by atoms with Crippen LogP contribution in [-0.2, 0) is 4.74 Å². The molecule has 1 aromatic rings. The van der Waals surface area contributed by atoms with Crippen molar-refractivity contribution in [2.24, 2.45) is 0 Å². The van der Waals surface area contributed by atoms with Crippen molar-refractivity contribution >= 4 is 21.9 Å². The van der Waals surface area contributed by atoms with Gasteiger partial charge < -0.3 is 4.74 Å². The van der Waals surface area contributed by atoms with Crippen LogP contribution in [0.2, 0.25) is 0 Å². The first-order valence-corrected chi connectivity index (χ1v) is 10.9. The zero-order chi connectivity index (χ0) is 18.3. The maximum absolute atomic E-state index is 12.2. The Hall–Kier alpha value is -0.830. The van der Waals surface area contributed by atoms with Crippen LogP contribution in [0.25, 0.3) is 0 Å². The molecule has 0 aliphatic rings. The van der Waals surface area contributed by atoms with E-state index >= 15 is 0 Å². The molecule has 0 bridgehead atoms. The largest absolute Gasteiger partial charge is 0.459 e. The molecule has 0 N–H and O–H groups in total. The standard InChI is InChI=1S/C22H35BrO2/c1-3-5-6-7-8-9-10-11-12-13-14-21(4-2)25-22(24)19-15-17-20(23)18-16-19/h15-18,21H,3-14H2,1-2H3. The molecule has 0 spiro atoms. The van der Waals surface area contributed by atoms with E-state index in [1.165, 1.54) is 57.8 Å². The van der Waals surface area contributed by atoms with Gasteiger partial charge in [0.2, 0.25) is 0 Å². The lowest BCUT2D eigenvalue weighted by molar-refractivity contribution is 0.0267. The number of hydrogen-bond acceptors (Lipinski definition) is 2. The van der Waals surface area contributed by atoms with Crippen LogP contribution in [0.4, 0.5) is 0 Å². The number of carbonyl (C=O) groups is 1. The lowest BCUT2D eigenvalue weighted by Crippen LogP contribution is -2.17. The quantitative estimate of drug-likeness (QED) is 0.232. The fourth-order valence-electron chi connectivity index (χ4n) is 3.01. The fraction of sp³-hybridized carbons (Fsp3) is 0.682. The van der Waals surface area contributed by atoms with Crippen molar-refractivity contribution in [3.8, 4) is 0 Å². The molecule has 142 valence electrons. The molecular weight excluding hydrogens is 376 g/mol. The van der Waals surface area contributed by atoms with Crippen LogP contribution in [-0.4, -0.2) is 12.1 Å². The summed E-state index contributed by atoms with van der Waals surface area (Å²) < 4.78 is 6.63. The van der Waals surface area contributed by atoms with Crippen molar-refractivity contribution in [2.45, 2.75) is 97.0 Å². The van der Waals surface area contributed by atoms with E-state index in [0.717, 1.165) is 23.7 Å². The summed E-state index contributed by atoms with van der Waals surface area (Å²) in [6.07, 6.45) is 15.3. The van der Waals surface area contributed by atoms with E-state index in [-0.39, 0.29) is 12.1 Å². The smallest absolute Gasteiger partial charge is 0.338 e. The van der Waals surface area contributed by atoms with Crippen LogP contribution in [0, 0.1) is 0 Å². The molecule has 0 fully saturated rings. The Labute approximate surface area is 162 Å². The predicted molar refractivity (Wildman–Crippen MR) is 110 cm³/mol. The van der Waals surface area contributed by atoms with E-state index in [4.69, 9.17) is 4.74 Å². The molecule has 0 amide bonds. The average Bonchev–Trinajstić information content (AvgIpc) is 2.62. The van der Waals surface area contributed by atoms with Crippen LogP contribution in [0.5, 0.6) is 0 Å². The van der Waals surface area contributed by atoms with Crippen molar-refractivity contribution in [1.82, 2.24) is 0 Å². The van der Waals surface area contributed by atoms with Crippen LogP contribution in [0.3, 0.4) is 0 Å². The normalized spacial score (nSPS) is 12.1. The summed E-state index contributed by atoms with van der Waals surface area (Å²) in [5.74, 6) is -0.202. The molecule has 1 rings (SSSR count). The van der Waals surface area contributed by atoms with Gasteiger partial charge in [-0.15, -0.1) is 0 Å². The summed E-state index contributed by atoms with van der Waals surface area (Å²) >= 11 is 3.38. The first-order chi connectivity index (χ1) is 12.2. The number of hydrogen-bond donors (Lipinski definition) is 0. The fourth-order valence-corrected chi connectivity index (χ4v) is 3.28. The Balaban J connectivity index is 2.09. The zero-order valence-corrected chi connectivity index (χ0v) is 17.7. The van der Waals surface area contributed by atoms with E-state index < -0.39 is 0 Å². The van der Waals surface area contributed by atoms with Gasteiger partial charge in [0.05, 0.1) is 5.56 Å². The molecule has 0 radical (unpaired) electrons.